The minimum absolute atomic E-state index is 0.461. The zero-order valence-corrected chi connectivity index (χ0v) is 21.1. The molecule has 6 rings (SSSR count). The Labute approximate surface area is 216 Å². The monoisotopic (exact) mass is 486 g/mol. The summed E-state index contributed by atoms with van der Waals surface area (Å²) in [6.07, 6.45) is 0. The zero-order chi connectivity index (χ0) is 24.5. The molecule has 1 aliphatic carbocycles. The number of methoxy groups -OCH3 is 2. The summed E-state index contributed by atoms with van der Waals surface area (Å²) in [4.78, 5) is 2.27. The van der Waals surface area contributed by atoms with Crippen molar-refractivity contribution in [3.05, 3.63) is 144 Å². The molecule has 0 spiro atoms. The van der Waals surface area contributed by atoms with Crippen LogP contribution >= 0.6 is 11.8 Å². The molecule has 0 saturated carbocycles. The van der Waals surface area contributed by atoms with E-state index in [2.05, 4.69) is 115 Å². The van der Waals surface area contributed by atoms with Crippen molar-refractivity contribution in [2.75, 3.05) is 14.2 Å². The Hall–Kier alpha value is -3.95. The van der Waals surface area contributed by atoms with Gasteiger partial charge in [-0.05, 0) is 69.8 Å². The van der Waals surface area contributed by atoms with Crippen LogP contribution < -0.4 is 9.47 Å². The van der Waals surface area contributed by atoms with Crippen LogP contribution in [0.2, 0.25) is 0 Å². The van der Waals surface area contributed by atoms with Gasteiger partial charge in [0.1, 0.15) is 11.5 Å². The normalized spacial score (nSPS) is 13.1. The molecule has 0 radical (unpaired) electrons. The highest BCUT2D eigenvalue weighted by Gasteiger charge is 2.46. The van der Waals surface area contributed by atoms with Gasteiger partial charge in [0.15, 0.2) is 0 Å². The van der Waals surface area contributed by atoms with E-state index < -0.39 is 5.41 Å². The van der Waals surface area contributed by atoms with Gasteiger partial charge in [0.05, 0.1) is 24.5 Å². The number of fused-ring (bicyclic) bond motifs is 3. The van der Waals surface area contributed by atoms with Crippen molar-refractivity contribution in [2.24, 2.45) is 0 Å². The summed E-state index contributed by atoms with van der Waals surface area (Å²) in [6.45, 7) is 0. The van der Waals surface area contributed by atoms with Gasteiger partial charge < -0.3 is 9.47 Å². The van der Waals surface area contributed by atoms with E-state index in [4.69, 9.17) is 9.47 Å². The van der Waals surface area contributed by atoms with Gasteiger partial charge in [-0.25, -0.2) is 0 Å². The fourth-order valence-electron chi connectivity index (χ4n) is 5.47. The lowest BCUT2D eigenvalue weighted by Crippen LogP contribution is -2.28. The standard InChI is InChI=1S/C33H26O2S/c1-34-25-19-16-23(17-20-25)33(29-14-8-6-12-27(29)28-13-7-9-15-30(28)33)24-18-21-31(35-2)32(22-24)36-26-10-4-3-5-11-26/h3-22H,1-2H3. The van der Waals surface area contributed by atoms with Crippen LogP contribution in [-0.4, -0.2) is 14.2 Å². The molecule has 0 unspecified atom stereocenters. The maximum atomic E-state index is 5.81. The molecule has 5 aromatic rings. The highest BCUT2D eigenvalue weighted by molar-refractivity contribution is 7.99. The van der Waals surface area contributed by atoms with Crippen LogP contribution in [0.15, 0.2) is 131 Å². The maximum absolute atomic E-state index is 5.81. The third kappa shape index (κ3) is 3.51. The SMILES string of the molecule is COc1ccc(C2(c3ccc(OC)c(Sc4ccccc4)c3)c3ccccc3-c3ccccc32)cc1. The van der Waals surface area contributed by atoms with Crippen LogP contribution in [0.5, 0.6) is 11.5 Å². The lowest BCUT2D eigenvalue weighted by Gasteiger charge is -2.34. The summed E-state index contributed by atoms with van der Waals surface area (Å²) in [5.41, 5.74) is 7.09. The van der Waals surface area contributed by atoms with Gasteiger partial charge >= 0.3 is 0 Å². The van der Waals surface area contributed by atoms with E-state index in [0.717, 1.165) is 16.4 Å². The van der Waals surface area contributed by atoms with Gasteiger partial charge in [-0.1, -0.05) is 96.7 Å². The molecular weight excluding hydrogens is 460 g/mol. The maximum Gasteiger partial charge on any atom is 0.132 e. The minimum atomic E-state index is -0.461. The number of benzene rings is 5. The van der Waals surface area contributed by atoms with E-state index >= 15 is 0 Å². The van der Waals surface area contributed by atoms with Crippen molar-refractivity contribution >= 4 is 11.8 Å². The lowest BCUT2D eigenvalue weighted by molar-refractivity contribution is 0.404. The molecule has 5 aromatic carbocycles. The van der Waals surface area contributed by atoms with Crippen molar-refractivity contribution in [2.45, 2.75) is 15.2 Å². The zero-order valence-electron chi connectivity index (χ0n) is 20.3. The molecule has 0 aromatic heterocycles. The van der Waals surface area contributed by atoms with E-state index in [1.54, 1.807) is 26.0 Å². The van der Waals surface area contributed by atoms with Crippen molar-refractivity contribution in [1.82, 2.24) is 0 Å². The van der Waals surface area contributed by atoms with Crippen molar-refractivity contribution in [3.8, 4) is 22.6 Å². The second-order valence-electron chi connectivity index (χ2n) is 8.85. The van der Waals surface area contributed by atoms with Crippen LogP contribution in [0.3, 0.4) is 0 Å². The van der Waals surface area contributed by atoms with E-state index in [9.17, 15) is 0 Å². The fraction of sp³-hybridized carbons (Fsp3) is 0.0909. The van der Waals surface area contributed by atoms with Crippen molar-refractivity contribution in [3.63, 3.8) is 0 Å². The Morgan fingerprint density at radius 1 is 0.556 bits per heavy atom. The molecule has 0 N–H and O–H groups in total. The highest BCUT2D eigenvalue weighted by atomic mass is 32.2. The molecule has 0 heterocycles. The van der Waals surface area contributed by atoms with Crippen LogP contribution in [0.4, 0.5) is 0 Å². The van der Waals surface area contributed by atoms with E-state index in [-0.39, 0.29) is 0 Å². The molecule has 0 saturated heterocycles. The van der Waals surface area contributed by atoms with Crippen LogP contribution in [0, 0.1) is 0 Å². The Morgan fingerprint density at radius 2 is 1.14 bits per heavy atom. The second-order valence-corrected chi connectivity index (χ2v) is 9.97. The molecule has 0 aliphatic heterocycles. The van der Waals surface area contributed by atoms with Gasteiger partial charge in [0.25, 0.3) is 0 Å². The molecule has 36 heavy (non-hydrogen) atoms. The molecule has 0 bridgehead atoms. The first-order valence-corrected chi connectivity index (χ1v) is 12.8. The van der Waals surface area contributed by atoms with Gasteiger partial charge in [-0.3, -0.25) is 0 Å². The first-order valence-electron chi connectivity index (χ1n) is 12.0. The van der Waals surface area contributed by atoms with Gasteiger partial charge in [-0.2, -0.15) is 0 Å². The molecule has 2 nitrogen and oxygen atoms in total. The molecule has 1 aliphatic rings. The average Bonchev–Trinajstić information content (AvgIpc) is 3.25. The van der Waals surface area contributed by atoms with E-state index in [1.165, 1.54) is 38.3 Å². The number of ether oxygens (including phenoxy) is 2. The first kappa shape index (κ1) is 22.5. The number of hydrogen-bond acceptors (Lipinski definition) is 3. The Kier molecular flexibility index (Phi) is 5.79. The van der Waals surface area contributed by atoms with Crippen molar-refractivity contribution in [1.29, 1.82) is 0 Å². The molecular formula is C33H26O2S. The van der Waals surface area contributed by atoms with Crippen LogP contribution in [-0.2, 0) is 5.41 Å². The van der Waals surface area contributed by atoms with Gasteiger partial charge in [0.2, 0.25) is 0 Å². The number of hydrogen-bond donors (Lipinski definition) is 0. The summed E-state index contributed by atoms with van der Waals surface area (Å²) >= 11 is 1.73. The third-order valence-corrected chi connectivity index (χ3v) is 8.09. The lowest BCUT2D eigenvalue weighted by atomic mass is 9.67. The Morgan fingerprint density at radius 3 is 1.75 bits per heavy atom. The smallest absolute Gasteiger partial charge is 0.132 e. The van der Waals surface area contributed by atoms with Gasteiger partial charge in [0, 0.05) is 4.90 Å². The summed E-state index contributed by atoms with van der Waals surface area (Å²) in [5.74, 6) is 1.72. The summed E-state index contributed by atoms with van der Waals surface area (Å²) in [6, 6.07) is 43.2. The van der Waals surface area contributed by atoms with Crippen molar-refractivity contribution < 1.29 is 9.47 Å². The largest absolute Gasteiger partial charge is 0.497 e. The van der Waals surface area contributed by atoms with E-state index in [0.29, 0.717) is 0 Å². The molecule has 0 fully saturated rings. The first-order chi connectivity index (χ1) is 17.8. The average molecular weight is 487 g/mol. The Bertz CT molecular complexity index is 1480. The van der Waals surface area contributed by atoms with Crippen LogP contribution in [0.25, 0.3) is 11.1 Å². The summed E-state index contributed by atoms with van der Waals surface area (Å²) in [7, 11) is 3.45. The topological polar surface area (TPSA) is 18.5 Å². The summed E-state index contributed by atoms with van der Waals surface area (Å²) < 4.78 is 11.3. The van der Waals surface area contributed by atoms with Gasteiger partial charge in [-0.15, -0.1) is 0 Å². The predicted octanol–water partition coefficient (Wildman–Crippen LogP) is 8.22. The second kappa shape index (κ2) is 9.25. The third-order valence-electron chi connectivity index (χ3n) is 7.04. The molecule has 0 amide bonds. The quantitative estimate of drug-likeness (QED) is 0.236. The van der Waals surface area contributed by atoms with E-state index in [1.807, 2.05) is 6.07 Å². The van der Waals surface area contributed by atoms with Crippen LogP contribution in [0.1, 0.15) is 22.3 Å². The predicted molar refractivity (Wildman–Crippen MR) is 147 cm³/mol. The summed E-state index contributed by atoms with van der Waals surface area (Å²) in [5, 5.41) is 0. The highest BCUT2D eigenvalue weighted by Crippen LogP contribution is 2.56. The molecule has 3 heteroatoms. The molecule has 0 atom stereocenters. The minimum Gasteiger partial charge on any atom is -0.497 e. The molecule has 176 valence electrons. The Balaban J connectivity index is 1.65. The fourth-order valence-corrected chi connectivity index (χ4v) is 6.45. The number of rotatable bonds is 6.